The van der Waals surface area contributed by atoms with Crippen molar-refractivity contribution < 1.29 is 4.92 Å². The number of hydrogen-bond donors (Lipinski definition) is 1. The maximum atomic E-state index is 11.0. The van der Waals surface area contributed by atoms with Crippen molar-refractivity contribution in [1.82, 2.24) is 19.7 Å². The first kappa shape index (κ1) is 14.9. The fourth-order valence-electron chi connectivity index (χ4n) is 2.41. The third kappa shape index (κ3) is 2.48. The lowest BCUT2D eigenvalue weighted by Crippen LogP contribution is -2.23. The van der Waals surface area contributed by atoms with Crippen LogP contribution < -0.4 is 5.73 Å². The highest BCUT2D eigenvalue weighted by Crippen LogP contribution is 2.33. The number of nitro groups is 1. The maximum absolute atomic E-state index is 11.0. The minimum Gasteiger partial charge on any atom is -0.383 e. The summed E-state index contributed by atoms with van der Waals surface area (Å²) in [5.74, 6) is 0.298. The molecule has 0 atom stereocenters. The molecule has 0 unspecified atom stereocenters. The van der Waals surface area contributed by atoms with Crippen LogP contribution in [0.1, 0.15) is 20.8 Å². The Hall–Kier alpha value is -3.03. The van der Waals surface area contributed by atoms with Crippen molar-refractivity contribution in [2.75, 3.05) is 5.73 Å². The van der Waals surface area contributed by atoms with Gasteiger partial charge in [-0.15, -0.1) is 0 Å². The number of benzene rings is 1. The van der Waals surface area contributed by atoms with E-state index in [1.807, 2.05) is 20.8 Å². The van der Waals surface area contributed by atoms with E-state index >= 15 is 0 Å². The van der Waals surface area contributed by atoms with Crippen molar-refractivity contribution in [3.8, 4) is 11.3 Å². The maximum Gasteiger partial charge on any atom is 0.270 e. The van der Waals surface area contributed by atoms with Gasteiger partial charge in [-0.2, -0.15) is 5.10 Å². The molecule has 0 saturated carbocycles. The van der Waals surface area contributed by atoms with Crippen molar-refractivity contribution in [3.05, 3.63) is 40.7 Å². The average molecular weight is 312 g/mol. The zero-order valence-corrected chi connectivity index (χ0v) is 13.0. The number of nitrogen functional groups attached to an aromatic ring is 1. The number of nitro benzene ring substituents is 1. The minimum absolute atomic E-state index is 0.00335. The lowest BCUT2D eigenvalue weighted by Gasteiger charge is -2.19. The van der Waals surface area contributed by atoms with Crippen molar-refractivity contribution in [2.45, 2.75) is 26.3 Å². The molecule has 0 aliphatic rings. The second kappa shape index (κ2) is 5.01. The van der Waals surface area contributed by atoms with Crippen LogP contribution in [0.5, 0.6) is 0 Å². The molecular formula is C15H16N6O2. The van der Waals surface area contributed by atoms with Crippen molar-refractivity contribution in [3.63, 3.8) is 0 Å². The van der Waals surface area contributed by atoms with E-state index in [9.17, 15) is 10.1 Å². The summed E-state index contributed by atoms with van der Waals surface area (Å²) in [4.78, 5) is 18.9. The largest absolute Gasteiger partial charge is 0.383 e. The fraction of sp³-hybridized carbons (Fsp3) is 0.267. The second-order valence-electron chi connectivity index (χ2n) is 6.20. The molecule has 2 N–H and O–H groups in total. The van der Waals surface area contributed by atoms with Gasteiger partial charge in [-0.05, 0) is 20.8 Å². The summed E-state index contributed by atoms with van der Waals surface area (Å²) in [6.45, 7) is 5.99. The Morgan fingerprint density at radius 2 is 2.00 bits per heavy atom. The molecular weight excluding hydrogens is 296 g/mol. The molecule has 8 heteroatoms. The van der Waals surface area contributed by atoms with Crippen LogP contribution >= 0.6 is 0 Å². The van der Waals surface area contributed by atoms with Gasteiger partial charge < -0.3 is 5.73 Å². The van der Waals surface area contributed by atoms with E-state index in [0.717, 1.165) is 0 Å². The Labute approximate surface area is 132 Å². The number of rotatable bonds is 2. The van der Waals surface area contributed by atoms with Gasteiger partial charge in [0.25, 0.3) is 5.69 Å². The zero-order chi connectivity index (χ0) is 16.8. The smallest absolute Gasteiger partial charge is 0.270 e. The van der Waals surface area contributed by atoms with Gasteiger partial charge in [0.2, 0.25) is 0 Å². The lowest BCUT2D eigenvalue weighted by molar-refractivity contribution is -0.384. The summed E-state index contributed by atoms with van der Waals surface area (Å²) in [6.07, 6.45) is 1.39. The third-order valence-electron chi connectivity index (χ3n) is 3.46. The average Bonchev–Trinajstić information content (AvgIpc) is 2.88. The molecule has 0 spiro atoms. The predicted molar refractivity (Wildman–Crippen MR) is 86.8 cm³/mol. The summed E-state index contributed by atoms with van der Waals surface area (Å²) in [5, 5.41) is 16.2. The number of nitrogens with two attached hydrogens (primary N) is 1. The molecule has 0 aliphatic carbocycles. The zero-order valence-electron chi connectivity index (χ0n) is 13.0. The first-order valence-electron chi connectivity index (χ1n) is 7.03. The molecule has 0 amide bonds. The van der Waals surface area contributed by atoms with Crippen LogP contribution in [-0.4, -0.2) is 24.7 Å². The highest BCUT2D eigenvalue weighted by molar-refractivity contribution is 5.98. The molecule has 3 aromatic rings. The van der Waals surface area contributed by atoms with Crippen LogP contribution in [0.4, 0.5) is 11.5 Å². The van der Waals surface area contributed by atoms with Gasteiger partial charge in [-0.25, -0.2) is 14.6 Å². The molecule has 3 rings (SSSR count). The molecule has 8 nitrogen and oxygen atoms in total. The minimum atomic E-state index is -0.438. The molecule has 2 heterocycles. The summed E-state index contributed by atoms with van der Waals surface area (Å²) in [5.41, 5.74) is 7.43. The van der Waals surface area contributed by atoms with Gasteiger partial charge in [-0.3, -0.25) is 10.1 Å². The summed E-state index contributed by atoms with van der Waals surface area (Å²) < 4.78 is 1.76. The Balaban J connectivity index is 2.34. The van der Waals surface area contributed by atoms with Gasteiger partial charge >= 0.3 is 0 Å². The highest BCUT2D eigenvalue weighted by Gasteiger charge is 2.24. The Bertz CT molecular complexity index is 910. The first-order valence-corrected chi connectivity index (χ1v) is 7.03. The Kier molecular flexibility index (Phi) is 3.24. The van der Waals surface area contributed by atoms with E-state index < -0.39 is 4.92 Å². The normalized spacial score (nSPS) is 11.8. The van der Waals surface area contributed by atoms with E-state index in [4.69, 9.17) is 5.73 Å². The molecule has 0 bridgehead atoms. The van der Waals surface area contributed by atoms with Crippen molar-refractivity contribution in [2.24, 2.45) is 0 Å². The van der Waals surface area contributed by atoms with E-state index in [1.54, 1.807) is 16.8 Å². The molecule has 2 aromatic heterocycles. The van der Waals surface area contributed by atoms with Crippen molar-refractivity contribution >= 4 is 22.5 Å². The van der Waals surface area contributed by atoms with Gasteiger partial charge in [0.05, 0.1) is 15.8 Å². The quantitative estimate of drug-likeness (QED) is 0.575. The van der Waals surface area contributed by atoms with Crippen LogP contribution in [0.25, 0.3) is 22.3 Å². The lowest BCUT2D eigenvalue weighted by atomic mass is 10.1. The number of aromatic nitrogens is 4. The number of anilines is 1. The van der Waals surface area contributed by atoms with Crippen LogP contribution in [-0.2, 0) is 5.54 Å². The predicted octanol–water partition coefficient (Wildman–Crippen LogP) is 2.74. The van der Waals surface area contributed by atoms with Crippen LogP contribution in [0.2, 0.25) is 0 Å². The first-order chi connectivity index (χ1) is 10.8. The van der Waals surface area contributed by atoms with Crippen molar-refractivity contribution in [1.29, 1.82) is 0 Å². The summed E-state index contributed by atoms with van der Waals surface area (Å²) in [6, 6.07) is 6.29. The highest BCUT2D eigenvalue weighted by atomic mass is 16.6. The van der Waals surface area contributed by atoms with Gasteiger partial charge in [0.1, 0.15) is 17.8 Å². The van der Waals surface area contributed by atoms with Crippen LogP contribution in [0, 0.1) is 10.1 Å². The fourth-order valence-corrected chi connectivity index (χ4v) is 2.41. The topological polar surface area (TPSA) is 113 Å². The number of non-ortho nitro benzene ring substituents is 1. The SMILES string of the molecule is CC(C)(C)n1nc(-c2cccc([N+](=O)[O-])c2)c2c(N)ncnc21. The monoisotopic (exact) mass is 312 g/mol. The van der Waals surface area contributed by atoms with Gasteiger partial charge in [0, 0.05) is 17.7 Å². The van der Waals surface area contributed by atoms with E-state index in [0.29, 0.717) is 28.1 Å². The van der Waals surface area contributed by atoms with E-state index in [2.05, 4.69) is 15.1 Å². The number of fused-ring (bicyclic) bond motifs is 1. The van der Waals surface area contributed by atoms with E-state index in [-0.39, 0.29) is 11.2 Å². The molecule has 118 valence electrons. The molecule has 1 aromatic carbocycles. The van der Waals surface area contributed by atoms with Crippen LogP contribution in [0.15, 0.2) is 30.6 Å². The Morgan fingerprint density at radius 3 is 2.65 bits per heavy atom. The van der Waals surface area contributed by atoms with Crippen LogP contribution in [0.3, 0.4) is 0 Å². The summed E-state index contributed by atoms with van der Waals surface area (Å²) >= 11 is 0. The molecule has 0 fully saturated rings. The standard InChI is InChI=1S/C15H16N6O2/c1-15(2,3)20-14-11(13(16)17-8-18-14)12(19-20)9-5-4-6-10(7-9)21(22)23/h4-8H,1-3H3,(H2,16,17,18). The van der Waals surface area contributed by atoms with E-state index in [1.165, 1.54) is 18.5 Å². The Morgan fingerprint density at radius 1 is 1.26 bits per heavy atom. The van der Waals surface area contributed by atoms with Gasteiger partial charge in [-0.1, -0.05) is 12.1 Å². The molecule has 0 saturated heterocycles. The molecule has 23 heavy (non-hydrogen) atoms. The van der Waals surface area contributed by atoms with Gasteiger partial charge in [0.15, 0.2) is 5.65 Å². The third-order valence-corrected chi connectivity index (χ3v) is 3.46. The molecule has 0 radical (unpaired) electrons. The molecule has 0 aliphatic heterocycles. The summed E-state index contributed by atoms with van der Waals surface area (Å²) in [7, 11) is 0. The number of hydrogen-bond acceptors (Lipinski definition) is 6. The number of nitrogens with zero attached hydrogens (tertiary/aromatic N) is 5. The second-order valence-corrected chi connectivity index (χ2v) is 6.20.